The van der Waals surface area contributed by atoms with Gasteiger partial charge in [-0.1, -0.05) is 12.2 Å². The Balaban J connectivity index is 2.23. The van der Waals surface area contributed by atoms with Crippen molar-refractivity contribution in [3.63, 3.8) is 0 Å². The number of carbonyl (C=O) groups is 1. The van der Waals surface area contributed by atoms with E-state index < -0.39 is 0 Å². The van der Waals surface area contributed by atoms with Crippen LogP contribution in [-0.4, -0.2) is 36.0 Å². The third kappa shape index (κ3) is 0.939. The van der Waals surface area contributed by atoms with E-state index in [2.05, 4.69) is 10.3 Å². The van der Waals surface area contributed by atoms with Crippen molar-refractivity contribution in [1.82, 2.24) is 10.2 Å². The highest BCUT2D eigenvalue weighted by molar-refractivity contribution is 5.81. The highest BCUT2D eigenvalue weighted by Crippen LogP contribution is 2.14. The second-order valence-electron chi connectivity index (χ2n) is 2.83. The zero-order valence-electron chi connectivity index (χ0n) is 6.47. The summed E-state index contributed by atoms with van der Waals surface area (Å²) in [7, 11) is 0. The highest BCUT2D eigenvalue weighted by atomic mass is 16.1. The average molecular weight is 166 g/mol. The first-order chi connectivity index (χ1) is 5.81. The summed E-state index contributed by atoms with van der Waals surface area (Å²) < 4.78 is 0. The lowest BCUT2D eigenvalue weighted by molar-refractivity contribution is -0.119. The fourth-order valence-corrected chi connectivity index (χ4v) is 1.48. The maximum atomic E-state index is 10.6. The van der Waals surface area contributed by atoms with Gasteiger partial charge in [0.15, 0.2) is 12.1 Å². The van der Waals surface area contributed by atoms with E-state index in [1.165, 1.54) is 0 Å². The largest absolute Gasteiger partial charge is 0.370 e. The van der Waals surface area contributed by atoms with Gasteiger partial charge in [-0.3, -0.25) is 4.79 Å². The molecule has 2 atom stereocenters. The molecule has 2 aliphatic rings. The lowest BCUT2D eigenvalue weighted by atomic mass is 10.1. The van der Waals surface area contributed by atoms with Crippen molar-refractivity contribution in [3.8, 4) is 0 Å². The first-order valence-corrected chi connectivity index (χ1v) is 3.79. The van der Waals surface area contributed by atoms with Crippen molar-refractivity contribution >= 4 is 12.4 Å². The summed E-state index contributed by atoms with van der Waals surface area (Å²) in [5.74, 6) is 0.406. The van der Waals surface area contributed by atoms with Crippen LogP contribution in [0.4, 0.5) is 0 Å². The Morgan fingerprint density at radius 3 is 3.42 bits per heavy atom. The number of nitrogens with two attached hydrogens (primary N) is 1. The van der Waals surface area contributed by atoms with Gasteiger partial charge in [-0.05, 0) is 0 Å². The number of nitrogens with zero attached hydrogens (tertiary/aromatic N) is 2. The van der Waals surface area contributed by atoms with Crippen LogP contribution in [0.15, 0.2) is 17.1 Å². The lowest BCUT2D eigenvalue weighted by Gasteiger charge is -2.28. The van der Waals surface area contributed by atoms with Crippen molar-refractivity contribution in [2.75, 3.05) is 6.54 Å². The summed E-state index contributed by atoms with van der Waals surface area (Å²) in [5.41, 5.74) is 5.47. The number of rotatable bonds is 1. The second kappa shape index (κ2) is 2.51. The Hall–Kier alpha value is -1.52. The molecular weight excluding hydrogens is 156 g/mol. The molecule has 2 heterocycles. The van der Waals surface area contributed by atoms with E-state index in [0.29, 0.717) is 12.5 Å². The van der Waals surface area contributed by atoms with E-state index in [4.69, 9.17) is 5.73 Å². The third-order valence-corrected chi connectivity index (χ3v) is 2.04. The topological polar surface area (TPSA) is 70.7 Å². The number of fused-ring (bicyclic) bond motifs is 1. The minimum Gasteiger partial charge on any atom is -0.370 e. The van der Waals surface area contributed by atoms with Crippen LogP contribution in [0.25, 0.3) is 0 Å². The number of hydrogen-bond acceptors (Lipinski definition) is 4. The lowest BCUT2D eigenvalue weighted by Crippen LogP contribution is -2.46. The van der Waals surface area contributed by atoms with Gasteiger partial charge in [0.25, 0.3) is 0 Å². The van der Waals surface area contributed by atoms with Crippen molar-refractivity contribution in [3.05, 3.63) is 12.2 Å². The molecule has 0 aromatic heterocycles. The number of nitrogens with one attached hydrogen (secondary N) is 1. The van der Waals surface area contributed by atoms with Gasteiger partial charge in [0.1, 0.15) is 0 Å². The van der Waals surface area contributed by atoms with Crippen LogP contribution in [0.5, 0.6) is 0 Å². The van der Waals surface area contributed by atoms with Crippen LogP contribution in [0.3, 0.4) is 0 Å². The molecule has 1 amide bonds. The van der Waals surface area contributed by atoms with Crippen LogP contribution < -0.4 is 11.1 Å². The van der Waals surface area contributed by atoms with Gasteiger partial charge >= 0.3 is 0 Å². The van der Waals surface area contributed by atoms with Crippen molar-refractivity contribution in [2.24, 2.45) is 10.7 Å². The number of hydrogen-bond donors (Lipinski definition) is 2. The normalized spacial score (nSPS) is 32.3. The van der Waals surface area contributed by atoms with Gasteiger partial charge < -0.3 is 16.0 Å². The average Bonchev–Trinajstić information content (AvgIpc) is 2.44. The summed E-state index contributed by atoms with van der Waals surface area (Å²) in [6.45, 7) is 0.614. The second-order valence-corrected chi connectivity index (χ2v) is 2.83. The first-order valence-electron chi connectivity index (χ1n) is 3.79. The van der Waals surface area contributed by atoms with Crippen LogP contribution in [0, 0.1) is 0 Å². The van der Waals surface area contributed by atoms with E-state index in [0.717, 1.165) is 6.41 Å². The Morgan fingerprint density at radius 2 is 2.67 bits per heavy atom. The molecule has 0 fully saturated rings. The molecule has 0 aromatic rings. The molecule has 0 bridgehead atoms. The Labute approximate surface area is 69.9 Å². The molecule has 0 spiro atoms. The predicted octanol–water partition coefficient (Wildman–Crippen LogP) is -1.37. The van der Waals surface area contributed by atoms with Crippen molar-refractivity contribution in [1.29, 1.82) is 0 Å². The molecule has 2 rings (SSSR count). The predicted molar refractivity (Wildman–Crippen MR) is 44.2 cm³/mol. The summed E-state index contributed by atoms with van der Waals surface area (Å²) in [6, 6.07) is 0.0592. The molecule has 0 unspecified atom stereocenters. The molecule has 12 heavy (non-hydrogen) atoms. The van der Waals surface area contributed by atoms with E-state index in [9.17, 15) is 4.79 Å². The molecule has 2 aliphatic heterocycles. The van der Waals surface area contributed by atoms with Crippen LogP contribution in [0.1, 0.15) is 0 Å². The fourth-order valence-electron chi connectivity index (χ4n) is 1.48. The van der Waals surface area contributed by atoms with Gasteiger partial charge in [-0.15, -0.1) is 0 Å². The van der Waals surface area contributed by atoms with Crippen LogP contribution >= 0.6 is 0 Å². The van der Waals surface area contributed by atoms with Crippen LogP contribution in [-0.2, 0) is 4.79 Å². The molecule has 0 radical (unpaired) electrons. The summed E-state index contributed by atoms with van der Waals surface area (Å²) in [5, 5.41) is 2.96. The van der Waals surface area contributed by atoms with E-state index in [1.54, 1.807) is 4.90 Å². The third-order valence-electron chi connectivity index (χ3n) is 2.04. The number of amides is 1. The minimum atomic E-state index is -0.146. The number of guanidine groups is 1. The monoisotopic (exact) mass is 166 g/mol. The molecule has 5 heteroatoms. The summed E-state index contributed by atoms with van der Waals surface area (Å²) in [6.07, 6.45) is 4.56. The van der Waals surface area contributed by atoms with Gasteiger partial charge in [0.2, 0.25) is 6.41 Å². The molecule has 5 nitrogen and oxygen atoms in total. The van der Waals surface area contributed by atoms with E-state index in [1.807, 2.05) is 12.2 Å². The minimum absolute atomic E-state index is 0.0592. The Morgan fingerprint density at radius 1 is 1.83 bits per heavy atom. The van der Waals surface area contributed by atoms with Crippen LogP contribution in [0.2, 0.25) is 0 Å². The molecular formula is C7H10N4O. The maximum absolute atomic E-state index is 10.6. The fraction of sp³-hybridized carbons (Fsp3) is 0.429. The van der Waals surface area contributed by atoms with E-state index >= 15 is 0 Å². The molecule has 0 saturated carbocycles. The molecule has 3 N–H and O–H groups in total. The van der Waals surface area contributed by atoms with Gasteiger partial charge in [0, 0.05) is 6.54 Å². The smallest absolute Gasteiger partial charge is 0.211 e. The molecule has 0 saturated heterocycles. The Bertz CT molecular complexity index is 260. The Kier molecular flexibility index (Phi) is 1.49. The van der Waals surface area contributed by atoms with Gasteiger partial charge in [-0.2, -0.15) is 0 Å². The van der Waals surface area contributed by atoms with Crippen molar-refractivity contribution < 1.29 is 4.79 Å². The molecule has 64 valence electrons. The van der Waals surface area contributed by atoms with Crippen molar-refractivity contribution in [2.45, 2.75) is 12.2 Å². The zero-order chi connectivity index (χ0) is 8.55. The molecule has 0 aromatic carbocycles. The van der Waals surface area contributed by atoms with E-state index in [-0.39, 0.29) is 12.2 Å². The summed E-state index contributed by atoms with van der Waals surface area (Å²) >= 11 is 0. The maximum Gasteiger partial charge on any atom is 0.211 e. The zero-order valence-corrected chi connectivity index (χ0v) is 6.47. The first kappa shape index (κ1) is 7.15. The van der Waals surface area contributed by atoms with Gasteiger partial charge in [-0.25, -0.2) is 4.99 Å². The quantitative estimate of drug-likeness (QED) is 0.373. The molecule has 0 aliphatic carbocycles. The number of carbonyl (C=O) groups excluding carboxylic acids is 1. The summed E-state index contributed by atoms with van der Waals surface area (Å²) in [4.78, 5) is 16.3. The number of aliphatic imine (C=N–C) groups is 1. The van der Waals surface area contributed by atoms with Gasteiger partial charge in [0.05, 0.1) is 6.04 Å². The standard InChI is InChI=1S/C7H10N4O/c8-7-9-5-2-1-3-11(4-12)6(5)10-7/h1-2,4-6H,3H2,(H3,8,9,10)/t5-,6+/m1/s1. The SMILES string of the molecule is NC1=N[C@@H]2[C@@H](C=CCN2C=O)N1. The highest BCUT2D eigenvalue weighted by Gasteiger charge is 2.31.